The molecule has 2 aromatic carbocycles. The van der Waals surface area contributed by atoms with E-state index in [1.165, 1.54) is 12.0 Å². The molecule has 3 amide bonds. The molecule has 2 aromatic rings. The zero-order valence-electron chi connectivity index (χ0n) is 17.5. The van der Waals surface area contributed by atoms with E-state index < -0.39 is 5.97 Å². The molecule has 0 saturated heterocycles. The Balaban J connectivity index is 1.60. The SMILES string of the molecule is COC(=O)c1cc(NC(=O)CCCN2C(=O)c3ccc(C)cc3C2=O)cc(C)c1C. The molecule has 1 aliphatic rings. The lowest BCUT2D eigenvalue weighted by atomic mass is 10.0. The van der Waals surface area contributed by atoms with E-state index in [4.69, 9.17) is 4.74 Å². The van der Waals surface area contributed by atoms with Crippen LogP contribution in [0.4, 0.5) is 5.69 Å². The van der Waals surface area contributed by atoms with E-state index >= 15 is 0 Å². The van der Waals surface area contributed by atoms with Gasteiger partial charge in [0.05, 0.1) is 23.8 Å². The van der Waals surface area contributed by atoms with E-state index in [1.54, 1.807) is 30.3 Å². The van der Waals surface area contributed by atoms with Gasteiger partial charge in [-0.05, 0) is 62.6 Å². The summed E-state index contributed by atoms with van der Waals surface area (Å²) in [6, 6.07) is 8.54. The van der Waals surface area contributed by atoms with E-state index in [0.717, 1.165) is 16.7 Å². The normalized spacial score (nSPS) is 12.7. The number of carbonyl (C=O) groups excluding carboxylic acids is 4. The number of anilines is 1. The maximum absolute atomic E-state index is 12.5. The van der Waals surface area contributed by atoms with Crippen molar-refractivity contribution < 1.29 is 23.9 Å². The topological polar surface area (TPSA) is 92.8 Å². The van der Waals surface area contributed by atoms with Crippen LogP contribution in [-0.4, -0.2) is 42.2 Å². The van der Waals surface area contributed by atoms with Gasteiger partial charge in [-0.15, -0.1) is 0 Å². The summed E-state index contributed by atoms with van der Waals surface area (Å²) >= 11 is 0. The van der Waals surface area contributed by atoms with Gasteiger partial charge in [0.25, 0.3) is 11.8 Å². The largest absolute Gasteiger partial charge is 0.465 e. The fourth-order valence-electron chi connectivity index (χ4n) is 3.48. The van der Waals surface area contributed by atoms with Crippen molar-refractivity contribution in [2.45, 2.75) is 33.6 Å². The van der Waals surface area contributed by atoms with Gasteiger partial charge in [0, 0.05) is 18.7 Å². The van der Waals surface area contributed by atoms with Gasteiger partial charge in [0.15, 0.2) is 0 Å². The highest BCUT2D eigenvalue weighted by atomic mass is 16.5. The average Bonchev–Trinajstić information content (AvgIpc) is 2.94. The quantitative estimate of drug-likeness (QED) is 0.584. The van der Waals surface area contributed by atoms with Crippen LogP contribution in [-0.2, 0) is 9.53 Å². The lowest BCUT2D eigenvalue weighted by molar-refractivity contribution is -0.116. The van der Waals surface area contributed by atoms with Gasteiger partial charge in [-0.1, -0.05) is 11.6 Å². The monoisotopic (exact) mass is 408 g/mol. The van der Waals surface area contributed by atoms with Crippen molar-refractivity contribution in [1.82, 2.24) is 4.90 Å². The van der Waals surface area contributed by atoms with Crippen molar-refractivity contribution in [3.8, 4) is 0 Å². The lowest BCUT2D eigenvalue weighted by Crippen LogP contribution is -2.31. The van der Waals surface area contributed by atoms with Gasteiger partial charge in [-0.2, -0.15) is 0 Å². The molecular weight excluding hydrogens is 384 g/mol. The third-order valence-electron chi connectivity index (χ3n) is 5.27. The summed E-state index contributed by atoms with van der Waals surface area (Å²) in [4.78, 5) is 50.4. The Morgan fingerprint density at radius 2 is 1.70 bits per heavy atom. The summed E-state index contributed by atoms with van der Waals surface area (Å²) in [5.41, 5.74) is 4.27. The van der Waals surface area contributed by atoms with Crippen molar-refractivity contribution in [1.29, 1.82) is 0 Å². The third kappa shape index (κ3) is 4.10. The van der Waals surface area contributed by atoms with Crippen LogP contribution in [0.15, 0.2) is 30.3 Å². The van der Waals surface area contributed by atoms with Crippen molar-refractivity contribution in [2.75, 3.05) is 19.0 Å². The summed E-state index contributed by atoms with van der Waals surface area (Å²) in [5.74, 6) is -1.38. The van der Waals surface area contributed by atoms with Crippen LogP contribution in [0.3, 0.4) is 0 Å². The molecule has 7 heteroatoms. The zero-order valence-corrected chi connectivity index (χ0v) is 17.5. The number of nitrogens with zero attached hydrogens (tertiary/aromatic N) is 1. The molecule has 0 saturated carbocycles. The third-order valence-corrected chi connectivity index (χ3v) is 5.27. The van der Waals surface area contributed by atoms with E-state index in [-0.39, 0.29) is 30.7 Å². The molecule has 3 rings (SSSR count). The maximum atomic E-state index is 12.5. The second-order valence-electron chi connectivity index (χ2n) is 7.42. The van der Waals surface area contributed by atoms with Crippen molar-refractivity contribution in [2.24, 2.45) is 0 Å². The smallest absolute Gasteiger partial charge is 0.338 e. The molecule has 0 fully saturated rings. The average molecular weight is 408 g/mol. The predicted molar refractivity (Wildman–Crippen MR) is 112 cm³/mol. The zero-order chi connectivity index (χ0) is 22.0. The Labute approximate surface area is 175 Å². The number of hydrogen-bond acceptors (Lipinski definition) is 5. The number of nitrogens with one attached hydrogen (secondary N) is 1. The standard InChI is InChI=1S/C23H24N2O5/c1-13-7-8-17-19(10-13)22(28)25(21(17)27)9-5-6-20(26)24-16-11-14(2)15(3)18(12-16)23(29)30-4/h7-8,10-12H,5-6,9H2,1-4H3,(H,24,26). The van der Waals surface area contributed by atoms with Crippen LogP contribution in [0.5, 0.6) is 0 Å². The Hall–Kier alpha value is -3.48. The molecule has 0 radical (unpaired) electrons. The van der Waals surface area contributed by atoms with E-state index in [9.17, 15) is 19.2 Å². The van der Waals surface area contributed by atoms with Crippen LogP contribution < -0.4 is 5.32 Å². The van der Waals surface area contributed by atoms with Crippen LogP contribution in [0.2, 0.25) is 0 Å². The fraction of sp³-hybridized carbons (Fsp3) is 0.304. The minimum Gasteiger partial charge on any atom is -0.465 e. The van der Waals surface area contributed by atoms with E-state index in [1.807, 2.05) is 20.8 Å². The molecule has 30 heavy (non-hydrogen) atoms. The number of amides is 3. The Bertz CT molecular complexity index is 1060. The minimum absolute atomic E-state index is 0.132. The highest BCUT2D eigenvalue weighted by Crippen LogP contribution is 2.24. The van der Waals surface area contributed by atoms with Gasteiger partial charge in [-0.25, -0.2) is 4.79 Å². The first kappa shape index (κ1) is 21.2. The van der Waals surface area contributed by atoms with E-state index in [2.05, 4.69) is 5.32 Å². The molecule has 1 aliphatic heterocycles. The summed E-state index contributed by atoms with van der Waals surface area (Å²) in [5, 5.41) is 2.77. The summed E-state index contributed by atoms with van der Waals surface area (Å²) in [6.45, 7) is 5.70. The van der Waals surface area contributed by atoms with Gasteiger partial charge in [0.2, 0.25) is 5.91 Å². The van der Waals surface area contributed by atoms with Gasteiger partial charge in [0.1, 0.15) is 0 Å². The van der Waals surface area contributed by atoms with Crippen LogP contribution >= 0.6 is 0 Å². The van der Waals surface area contributed by atoms with Crippen LogP contribution in [0, 0.1) is 20.8 Å². The molecule has 156 valence electrons. The first-order valence-electron chi connectivity index (χ1n) is 9.69. The number of rotatable bonds is 6. The highest BCUT2D eigenvalue weighted by molar-refractivity contribution is 6.21. The number of carbonyl (C=O) groups is 4. The summed E-state index contributed by atoms with van der Waals surface area (Å²) in [7, 11) is 1.31. The first-order valence-corrected chi connectivity index (χ1v) is 9.69. The molecule has 0 spiro atoms. The molecule has 1 N–H and O–H groups in total. The molecular formula is C23H24N2O5. The number of aryl methyl sites for hydroxylation is 2. The van der Waals surface area contributed by atoms with Crippen molar-refractivity contribution >= 4 is 29.4 Å². The number of esters is 1. The van der Waals surface area contributed by atoms with Gasteiger partial charge >= 0.3 is 5.97 Å². The second kappa shape index (κ2) is 8.49. The highest BCUT2D eigenvalue weighted by Gasteiger charge is 2.34. The first-order chi connectivity index (χ1) is 14.2. The summed E-state index contributed by atoms with van der Waals surface area (Å²) in [6.07, 6.45) is 0.470. The van der Waals surface area contributed by atoms with Crippen LogP contribution in [0.25, 0.3) is 0 Å². The fourth-order valence-corrected chi connectivity index (χ4v) is 3.48. The summed E-state index contributed by atoms with van der Waals surface area (Å²) < 4.78 is 4.79. The van der Waals surface area contributed by atoms with Crippen molar-refractivity contribution in [3.05, 3.63) is 63.7 Å². The lowest BCUT2D eigenvalue weighted by Gasteiger charge is -2.14. The molecule has 0 aromatic heterocycles. The molecule has 1 heterocycles. The number of hydrogen-bond donors (Lipinski definition) is 1. The van der Waals surface area contributed by atoms with E-state index in [0.29, 0.717) is 28.8 Å². The molecule has 0 atom stereocenters. The van der Waals surface area contributed by atoms with Crippen LogP contribution in [0.1, 0.15) is 60.6 Å². The maximum Gasteiger partial charge on any atom is 0.338 e. The second-order valence-corrected chi connectivity index (χ2v) is 7.42. The number of benzene rings is 2. The van der Waals surface area contributed by atoms with Crippen molar-refractivity contribution in [3.63, 3.8) is 0 Å². The number of imide groups is 1. The molecule has 0 aliphatic carbocycles. The number of fused-ring (bicyclic) bond motifs is 1. The van der Waals surface area contributed by atoms with Gasteiger partial charge in [-0.3, -0.25) is 19.3 Å². The molecule has 0 unspecified atom stereocenters. The minimum atomic E-state index is -0.465. The van der Waals surface area contributed by atoms with Gasteiger partial charge < -0.3 is 10.1 Å². The molecule has 7 nitrogen and oxygen atoms in total. The Morgan fingerprint density at radius 3 is 2.40 bits per heavy atom. The molecule has 0 bridgehead atoms. The predicted octanol–water partition coefficient (Wildman–Crippen LogP) is 3.41. The Kier molecular flexibility index (Phi) is 6.01. The number of ether oxygens (including phenoxy) is 1. The Morgan fingerprint density at radius 1 is 1.00 bits per heavy atom. The number of methoxy groups -OCH3 is 1.